The van der Waals surface area contributed by atoms with Crippen molar-refractivity contribution in [3.05, 3.63) is 15.6 Å². The molecule has 15 heavy (non-hydrogen) atoms. The second-order valence-electron chi connectivity index (χ2n) is 4.72. The standard InChI is InChI=1S/C12H19NOS/c1-7(10-4-5-10)11(14)6-12-13-8(2)9(3)15-12/h7,10-11,14H,4-6H2,1-3H3. The van der Waals surface area contributed by atoms with Gasteiger partial charge in [-0.15, -0.1) is 11.3 Å². The zero-order valence-corrected chi connectivity index (χ0v) is 10.5. The summed E-state index contributed by atoms with van der Waals surface area (Å²) in [5.41, 5.74) is 1.11. The molecule has 2 unspecified atom stereocenters. The number of aliphatic hydroxyl groups is 1. The van der Waals surface area contributed by atoms with Crippen LogP contribution in [-0.4, -0.2) is 16.2 Å². The van der Waals surface area contributed by atoms with E-state index in [1.807, 2.05) is 6.92 Å². The van der Waals surface area contributed by atoms with E-state index >= 15 is 0 Å². The van der Waals surface area contributed by atoms with E-state index in [9.17, 15) is 5.11 Å². The molecular formula is C12H19NOS. The molecule has 1 aliphatic rings. The van der Waals surface area contributed by atoms with Crippen LogP contribution in [0.15, 0.2) is 0 Å². The van der Waals surface area contributed by atoms with Crippen molar-refractivity contribution in [3.63, 3.8) is 0 Å². The lowest BCUT2D eigenvalue weighted by molar-refractivity contribution is 0.105. The first-order valence-corrected chi connectivity index (χ1v) is 6.50. The van der Waals surface area contributed by atoms with Crippen LogP contribution in [-0.2, 0) is 6.42 Å². The van der Waals surface area contributed by atoms with E-state index in [2.05, 4.69) is 18.8 Å². The van der Waals surface area contributed by atoms with Crippen LogP contribution in [0.4, 0.5) is 0 Å². The maximum atomic E-state index is 10.0. The zero-order valence-electron chi connectivity index (χ0n) is 9.66. The molecule has 2 rings (SSSR count). The van der Waals surface area contributed by atoms with Gasteiger partial charge < -0.3 is 5.11 Å². The fourth-order valence-electron chi connectivity index (χ4n) is 1.93. The summed E-state index contributed by atoms with van der Waals surface area (Å²) in [4.78, 5) is 5.75. The monoisotopic (exact) mass is 225 g/mol. The molecule has 0 radical (unpaired) electrons. The second kappa shape index (κ2) is 4.22. The summed E-state index contributed by atoms with van der Waals surface area (Å²) in [5.74, 6) is 1.21. The highest BCUT2D eigenvalue weighted by Gasteiger charge is 2.32. The lowest BCUT2D eigenvalue weighted by Crippen LogP contribution is -2.21. The Kier molecular flexibility index (Phi) is 3.12. The molecule has 84 valence electrons. The summed E-state index contributed by atoms with van der Waals surface area (Å²) < 4.78 is 0. The van der Waals surface area contributed by atoms with Crippen molar-refractivity contribution in [3.8, 4) is 0 Å². The van der Waals surface area contributed by atoms with Gasteiger partial charge in [0.25, 0.3) is 0 Å². The minimum Gasteiger partial charge on any atom is -0.392 e. The molecule has 3 heteroatoms. The highest BCUT2D eigenvalue weighted by atomic mass is 32.1. The van der Waals surface area contributed by atoms with E-state index in [1.165, 1.54) is 17.7 Å². The smallest absolute Gasteiger partial charge is 0.0956 e. The predicted molar refractivity (Wildman–Crippen MR) is 63.2 cm³/mol. The van der Waals surface area contributed by atoms with Crippen molar-refractivity contribution >= 4 is 11.3 Å². The average Bonchev–Trinajstić information content (AvgIpc) is 2.95. The number of aliphatic hydroxyl groups excluding tert-OH is 1. The molecule has 1 saturated carbocycles. The van der Waals surface area contributed by atoms with E-state index < -0.39 is 0 Å². The van der Waals surface area contributed by atoms with Crippen molar-refractivity contribution in [2.75, 3.05) is 0 Å². The average molecular weight is 225 g/mol. The summed E-state index contributed by atoms with van der Waals surface area (Å²) in [6.45, 7) is 6.29. The van der Waals surface area contributed by atoms with Crippen molar-refractivity contribution < 1.29 is 5.11 Å². The molecule has 1 aliphatic carbocycles. The van der Waals surface area contributed by atoms with Crippen molar-refractivity contribution in [2.45, 2.75) is 46.1 Å². The molecule has 2 nitrogen and oxygen atoms in total. The Morgan fingerprint density at radius 1 is 1.47 bits per heavy atom. The number of nitrogens with zero attached hydrogens (tertiary/aromatic N) is 1. The van der Waals surface area contributed by atoms with Crippen molar-refractivity contribution in [2.24, 2.45) is 11.8 Å². The minimum atomic E-state index is -0.206. The maximum absolute atomic E-state index is 10.0. The summed E-state index contributed by atoms with van der Waals surface area (Å²) in [7, 11) is 0. The van der Waals surface area contributed by atoms with Gasteiger partial charge >= 0.3 is 0 Å². The Hall–Kier alpha value is -0.410. The van der Waals surface area contributed by atoms with Crippen LogP contribution in [0.3, 0.4) is 0 Å². The Morgan fingerprint density at radius 2 is 2.13 bits per heavy atom. The largest absolute Gasteiger partial charge is 0.392 e. The van der Waals surface area contributed by atoms with Gasteiger partial charge in [0.1, 0.15) is 0 Å². The molecule has 1 aromatic rings. The van der Waals surface area contributed by atoms with Gasteiger partial charge in [-0.05, 0) is 38.5 Å². The van der Waals surface area contributed by atoms with Gasteiger partial charge in [0, 0.05) is 11.3 Å². The summed E-state index contributed by atoms with van der Waals surface area (Å²) >= 11 is 1.72. The molecule has 1 N–H and O–H groups in total. The quantitative estimate of drug-likeness (QED) is 0.854. The Bertz CT molecular complexity index is 324. The van der Waals surface area contributed by atoms with Crippen molar-refractivity contribution in [1.82, 2.24) is 4.98 Å². The fourth-order valence-corrected chi connectivity index (χ4v) is 2.91. The van der Waals surface area contributed by atoms with Crippen LogP contribution >= 0.6 is 11.3 Å². The van der Waals surface area contributed by atoms with Gasteiger partial charge in [0.15, 0.2) is 0 Å². The van der Waals surface area contributed by atoms with E-state index in [0.717, 1.165) is 23.0 Å². The number of aryl methyl sites for hydroxylation is 2. The van der Waals surface area contributed by atoms with E-state index in [4.69, 9.17) is 0 Å². The number of hydrogen-bond donors (Lipinski definition) is 1. The van der Waals surface area contributed by atoms with Gasteiger partial charge in [0.2, 0.25) is 0 Å². The first-order valence-electron chi connectivity index (χ1n) is 5.69. The predicted octanol–water partition coefficient (Wildman–Crippen LogP) is 2.71. The van der Waals surface area contributed by atoms with E-state index in [-0.39, 0.29) is 6.10 Å². The van der Waals surface area contributed by atoms with Crippen LogP contribution in [0.25, 0.3) is 0 Å². The fraction of sp³-hybridized carbons (Fsp3) is 0.750. The van der Waals surface area contributed by atoms with Crippen LogP contribution in [0.1, 0.15) is 35.3 Å². The normalized spacial score (nSPS) is 20.3. The van der Waals surface area contributed by atoms with Gasteiger partial charge in [-0.2, -0.15) is 0 Å². The summed E-state index contributed by atoms with van der Waals surface area (Å²) in [6, 6.07) is 0. The second-order valence-corrected chi connectivity index (χ2v) is 6.00. The third-order valence-electron chi connectivity index (χ3n) is 3.43. The van der Waals surface area contributed by atoms with Gasteiger partial charge in [-0.1, -0.05) is 6.92 Å². The molecule has 0 saturated heterocycles. The first kappa shape index (κ1) is 11.1. The Morgan fingerprint density at radius 3 is 2.60 bits per heavy atom. The summed E-state index contributed by atoms with van der Waals surface area (Å²) in [5, 5.41) is 11.1. The number of rotatable bonds is 4. The zero-order chi connectivity index (χ0) is 11.0. The molecule has 0 spiro atoms. The topological polar surface area (TPSA) is 33.1 Å². The molecule has 0 bridgehead atoms. The SMILES string of the molecule is Cc1nc(CC(O)C(C)C2CC2)sc1C. The molecule has 1 heterocycles. The number of aromatic nitrogens is 1. The van der Waals surface area contributed by atoms with Gasteiger partial charge in [0.05, 0.1) is 16.8 Å². The van der Waals surface area contributed by atoms with Gasteiger partial charge in [-0.3, -0.25) is 0 Å². The molecule has 2 atom stereocenters. The van der Waals surface area contributed by atoms with E-state index in [0.29, 0.717) is 5.92 Å². The maximum Gasteiger partial charge on any atom is 0.0956 e. The molecule has 0 amide bonds. The molecule has 0 aromatic carbocycles. The molecule has 1 fully saturated rings. The molecule has 0 aliphatic heterocycles. The lowest BCUT2D eigenvalue weighted by Gasteiger charge is -2.16. The van der Waals surface area contributed by atoms with Gasteiger partial charge in [-0.25, -0.2) is 4.98 Å². The number of thiazole rings is 1. The highest BCUT2D eigenvalue weighted by Crippen LogP contribution is 2.39. The minimum absolute atomic E-state index is 0.206. The van der Waals surface area contributed by atoms with Crippen molar-refractivity contribution in [1.29, 1.82) is 0 Å². The Labute approximate surface area is 95.4 Å². The van der Waals surface area contributed by atoms with Crippen LogP contribution in [0.5, 0.6) is 0 Å². The lowest BCUT2D eigenvalue weighted by atomic mass is 9.97. The summed E-state index contributed by atoms with van der Waals surface area (Å²) in [6.07, 6.45) is 3.13. The number of hydrogen-bond acceptors (Lipinski definition) is 3. The van der Waals surface area contributed by atoms with Crippen LogP contribution < -0.4 is 0 Å². The third-order valence-corrected chi connectivity index (χ3v) is 4.52. The third kappa shape index (κ3) is 2.58. The Balaban J connectivity index is 1.95. The first-order chi connectivity index (χ1) is 7.08. The van der Waals surface area contributed by atoms with Crippen LogP contribution in [0.2, 0.25) is 0 Å². The molecule has 1 aromatic heterocycles. The highest BCUT2D eigenvalue weighted by molar-refractivity contribution is 7.11. The molecular weight excluding hydrogens is 206 g/mol. The van der Waals surface area contributed by atoms with Crippen LogP contribution in [0, 0.1) is 25.7 Å². The van der Waals surface area contributed by atoms with E-state index in [1.54, 1.807) is 11.3 Å².